The highest BCUT2D eigenvalue weighted by atomic mass is 35.5. The second kappa shape index (κ2) is 7.98. The Morgan fingerprint density at radius 1 is 1.22 bits per heavy atom. The summed E-state index contributed by atoms with van der Waals surface area (Å²) < 4.78 is 20.5. The SMILES string of the molecule is COc1cn(Cc2ccc(Cl)c(F)c2)c(Nc2cccc(Cl)c2C)nc1=O. The van der Waals surface area contributed by atoms with E-state index in [1.54, 1.807) is 22.8 Å². The van der Waals surface area contributed by atoms with Crippen molar-refractivity contribution in [2.75, 3.05) is 12.4 Å². The number of nitrogens with zero attached hydrogens (tertiary/aromatic N) is 2. The summed E-state index contributed by atoms with van der Waals surface area (Å²) in [5, 5.41) is 3.74. The number of ether oxygens (including phenoxy) is 1. The van der Waals surface area contributed by atoms with E-state index < -0.39 is 11.4 Å². The first-order valence-electron chi connectivity index (χ1n) is 8.00. The van der Waals surface area contributed by atoms with Crippen molar-refractivity contribution in [3.8, 4) is 5.75 Å². The van der Waals surface area contributed by atoms with Gasteiger partial charge in [-0.1, -0.05) is 35.3 Å². The minimum atomic E-state index is -0.518. The molecule has 0 unspecified atom stereocenters. The zero-order valence-electron chi connectivity index (χ0n) is 14.6. The lowest BCUT2D eigenvalue weighted by atomic mass is 10.2. The van der Waals surface area contributed by atoms with Gasteiger partial charge < -0.3 is 14.6 Å². The number of nitrogens with one attached hydrogen (secondary N) is 1. The minimum Gasteiger partial charge on any atom is -0.490 e. The van der Waals surface area contributed by atoms with Crippen LogP contribution in [-0.4, -0.2) is 16.7 Å². The fourth-order valence-corrected chi connectivity index (χ4v) is 2.82. The zero-order valence-corrected chi connectivity index (χ0v) is 16.1. The lowest BCUT2D eigenvalue weighted by Crippen LogP contribution is -2.19. The van der Waals surface area contributed by atoms with Gasteiger partial charge in [0.2, 0.25) is 11.7 Å². The average molecular weight is 408 g/mol. The highest BCUT2D eigenvalue weighted by Gasteiger charge is 2.12. The molecule has 5 nitrogen and oxygen atoms in total. The maximum Gasteiger partial charge on any atom is 0.316 e. The first kappa shape index (κ1) is 19.2. The van der Waals surface area contributed by atoms with Gasteiger partial charge in [-0.05, 0) is 42.3 Å². The summed E-state index contributed by atoms with van der Waals surface area (Å²) in [6, 6.07) is 9.90. The van der Waals surface area contributed by atoms with Gasteiger partial charge in [0.05, 0.1) is 24.9 Å². The van der Waals surface area contributed by atoms with Gasteiger partial charge in [-0.3, -0.25) is 4.79 Å². The van der Waals surface area contributed by atoms with Crippen LogP contribution in [0.5, 0.6) is 5.75 Å². The van der Waals surface area contributed by atoms with Gasteiger partial charge in [0.1, 0.15) is 5.82 Å². The molecule has 0 fully saturated rings. The van der Waals surface area contributed by atoms with Gasteiger partial charge in [-0.25, -0.2) is 4.39 Å². The summed E-state index contributed by atoms with van der Waals surface area (Å²) in [6.45, 7) is 2.10. The maximum absolute atomic E-state index is 13.8. The van der Waals surface area contributed by atoms with E-state index in [0.29, 0.717) is 16.3 Å². The summed E-state index contributed by atoms with van der Waals surface area (Å²) in [7, 11) is 1.39. The highest BCUT2D eigenvalue weighted by Crippen LogP contribution is 2.26. The Morgan fingerprint density at radius 3 is 2.70 bits per heavy atom. The predicted octanol–water partition coefficient (Wildman–Crippen LogP) is 4.80. The van der Waals surface area contributed by atoms with Crippen LogP contribution in [0.4, 0.5) is 16.0 Å². The van der Waals surface area contributed by atoms with Crippen molar-refractivity contribution in [3.05, 3.63) is 79.9 Å². The molecule has 3 rings (SSSR count). The first-order chi connectivity index (χ1) is 12.9. The van der Waals surface area contributed by atoms with E-state index in [9.17, 15) is 9.18 Å². The molecule has 0 atom stereocenters. The van der Waals surface area contributed by atoms with E-state index in [2.05, 4.69) is 10.3 Å². The number of methoxy groups -OCH3 is 1. The van der Waals surface area contributed by atoms with Crippen molar-refractivity contribution in [1.82, 2.24) is 9.55 Å². The van der Waals surface area contributed by atoms with Crippen LogP contribution >= 0.6 is 23.2 Å². The lowest BCUT2D eigenvalue weighted by Gasteiger charge is -2.17. The van der Waals surface area contributed by atoms with Gasteiger partial charge in [-0.2, -0.15) is 4.98 Å². The Morgan fingerprint density at radius 2 is 2.00 bits per heavy atom. The Bertz CT molecular complexity index is 1050. The van der Waals surface area contributed by atoms with Crippen LogP contribution in [0.1, 0.15) is 11.1 Å². The van der Waals surface area contributed by atoms with Crippen LogP contribution in [0.3, 0.4) is 0 Å². The lowest BCUT2D eigenvalue weighted by molar-refractivity contribution is 0.402. The molecule has 0 bridgehead atoms. The van der Waals surface area contributed by atoms with Gasteiger partial charge in [-0.15, -0.1) is 0 Å². The smallest absolute Gasteiger partial charge is 0.316 e. The molecule has 0 saturated carbocycles. The fraction of sp³-hybridized carbons (Fsp3) is 0.158. The highest BCUT2D eigenvalue weighted by molar-refractivity contribution is 6.31. The van der Waals surface area contributed by atoms with Crippen molar-refractivity contribution in [2.45, 2.75) is 13.5 Å². The van der Waals surface area contributed by atoms with Crippen LogP contribution in [0.25, 0.3) is 0 Å². The third kappa shape index (κ3) is 4.23. The molecule has 0 saturated heterocycles. The minimum absolute atomic E-state index is 0.0438. The number of benzene rings is 2. The quantitative estimate of drug-likeness (QED) is 0.659. The van der Waals surface area contributed by atoms with Gasteiger partial charge in [0.25, 0.3) is 0 Å². The molecular weight excluding hydrogens is 392 g/mol. The van der Waals surface area contributed by atoms with Crippen molar-refractivity contribution < 1.29 is 9.13 Å². The predicted molar refractivity (Wildman–Crippen MR) is 105 cm³/mol. The molecule has 1 aromatic heterocycles. The van der Waals surface area contributed by atoms with E-state index in [1.807, 2.05) is 13.0 Å². The molecule has 0 amide bonds. The van der Waals surface area contributed by atoms with Gasteiger partial charge in [0, 0.05) is 10.7 Å². The Kier molecular flexibility index (Phi) is 5.68. The monoisotopic (exact) mass is 407 g/mol. The molecule has 0 aliphatic carbocycles. The van der Waals surface area contributed by atoms with E-state index in [-0.39, 0.29) is 23.3 Å². The topological polar surface area (TPSA) is 56.1 Å². The van der Waals surface area contributed by atoms with E-state index in [1.165, 1.54) is 25.4 Å². The van der Waals surface area contributed by atoms with Crippen molar-refractivity contribution in [2.24, 2.45) is 0 Å². The Labute approximate surface area is 165 Å². The summed E-state index contributed by atoms with van der Waals surface area (Å²) >= 11 is 11.9. The summed E-state index contributed by atoms with van der Waals surface area (Å²) in [5.41, 5.74) is 1.65. The molecule has 1 N–H and O–H groups in total. The number of halogens is 3. The molecule has 27 heavy (non-hydrogen) atoms. The molecule has 1 heterocycles. The number of aromatic nitrogens is 2. The second-order valence-corrected chi connectivity index (χ2v) is 6.67. The van der Waals surface area contributed by atoms with Crippen LogP contribution in [0, 0.1) is 12.7 Å². The standard InChI is InChI=1S/C19H16Cl2FN3O2/c1-11-13(20)4-3-5-16(11)23-19-24-18(26)17(27-2)10-25(19)9-12-6-7-14(21)15(22)8-12/h3-8,10H,9H2,1-2H3,(H,23,24,26). The van der Waals surface area contributed by atoms with E-state index in [0.717, 1.165) is 5.56 Å². The third-order valence-corrected chi connectivity index (χ3v) is 4.75. The number of rotatable bonds is 5. The van der Waals surface area contributed by atoms with E-state index >= 15 is 0 Å². The molecule has 8 heteroatoms. The third-order valence-electron chi connectivity index (χ3n) is 4.03. The molecule has 0 aliphatic heterocycles. The Balaban J connectivity index is 2.04. The molecule has 140 valence electrons. The number of hydrogen-bond acceptors (Lipinski definition) is 4. The van der Waals surface area contributed by atoms with Crippen LogP contribution < -0.4 is 15.6 Å². The summed E-state index contributed by atoms with van der Waals surface area (Å²) in [4.78, 5) is 16.2. The van der Waals surface area contributed by atoms with Crippen LogP contribution in [0.2, 0.25) is 10.0 Å². The van der Waals surface area contributed by atoms with Crippen molar-refractivity contribution in [3.63, 3.8) is 0 Å². The number of hydrogen-bond donors (Lipinski definition) is 1. The first-order valence-corrected chi connectivity index (χ1v) is 8.76. The molecule has 0 aliphatic rings. The normalized spacial score (nSPS) is 10.7. The van der Waals surface area contributed by atoms with Crippen molar-refractivity contribution >= 4 is 34.8 Å². The van der Waals surface area contributed by atoms with Crippen LogP contribution in [-0.2, 0) is 6.54 Å². The van der Waals surface area contributed by atoms with E-state index in [4.69, 9.17) is 27.9 Å². The molecule has 0 spiro atoms. The fourth-order valence-electron chi connectivity index (χ4n) is 2.53. The summed E-state index contributed by atoms with van der Waals surface area (Å²) in [5.74, 6) is -0.158. The Hall–Kier alpha value is -2.57. The summed E-state index contributed by atoms with van der Waals surface area (Å²) in [6.07, 6.45) is 1.52. The molecule has 2 aromatic carbocycles. The maximum atomic E-state index is 13.8. The molecular formula is C19H16Cl2FN3O2. The molecule has 0 radical (unpaired) electrons. The van der Waals surface area contributed by atoms with Gasteiger partial charge in [0.15, 0.2) is 0 Å². The zero-order chi connectivity index (χ0) is 19.6. The van der Waals surface area contributed by atoms with Gasteiger partial charge >= 0.3 is 5.56 Å². The molecule has 3 aromatic rings. The van der Waals surface area contributed by atoms with Crippen molar-refractivity contribution in [1.29, 1.82) is 0 Å². The largest absolute Gasteiger partial charge is 0.490 e. The number of anilines is 2. The van der Waals surface area contributed by atoms with Crippen LogP contribution in [0.15, 0.2) is 47.4 Å². The second-order valence-electron chi connectivity index (χ2n) is 5.85. The average Bonchev–Trinajstić information content (AvgIpc) is 2.64.